The zero-order chi connectivity index (χ0) is 31.2. The minimum absolute atomic E-state index is 0.00334. The number of hydrogen-bond donors (Lipinski definition) is 3. The van der Waals surface area contributed by atoms with Crippen LogP contribution in [0.5, 0.6) is 5.75 Å². The van der Waals surface area contributed by atoms with Crippen molar-refractivity contribution >= 4 is 34.4 Å². The fourth-order valence-corrected chi connectivity index (χ4v) is 4.91. The van der Waals surface area contributed by atoms with Crippen LogP contribution in [0, 0.1) is 19.8 Å². The molecule has 2 amide bonds. The number of carbonyl (C=O) groups excluding carboxylic acids is 2. The Morgan fingerprint density at radius 3 is 2.41 bits per heavy atom. The molecule has 0 unspecified atom stereocenters. The molecular formula is C33H26F3N5O3. The van der Waals surface area contributed by atoms with Crippen molar-refractivity contribution in [2.75, 3.05) is 10.6 Å². The van der Waals surface area contributed by atoms with Gasteiger partial charge in [0.15, 0.2) is 0 Å². The number of anilines is 2. The average Bonchev–Trinajstić information content (AvgIpc) is 3.84. The number of aromatic nitrogens is 3. The fraction of sp³-hybridized carbons (Fsp3) is 0.182. The number of aryl methyl sites for hydroxylation is 2. The number of benzene rings is 3. The molecule has 3 N–H and O–H groups in total. The normalized spacial score (nSPS) is 13.1. The van der Waals surface area contributed by atoms with E-state index in [1.54, 1.807) is 48.8 Å². The van der Waals surface area contributed by atoms with E-state index in [0.717, 1.165) is 36.2 Å². The van der Waals surface area contributed by atoms with E-state index in [1.807, 2.05) is 13.8 Å². The molecule has 44 heavy (non-hydrogen) atoms. The van der Waals surface area contributed by atoms with Crippen molar-refractivity contribution in [3.63, 3.8) is 0 Å². The minimum Gasteiger partial charge on any atom is -0.507 e. The summed E-state index contributed by atoms with van der Waals surface area (Å²) in [4.78, 5) is 38.8. The van der Waals surface area contributed by atoms with Gasteiger partial charge in [-0.05, 0) is 80.3 Å². The van der Waals surface area contributed by atoms with Gasteiger partial charge in [0.2, 0.25) is 11.9 Å². The number of rotatable bonds is 6. The topological polar surface area (TPSA) is 117 Å². The third-order valence-electron chi connectivity index (χ3n) is 7.47. The second-order valence-electron chi connectivity index (χ2n) is 10.8. The molecule has 0 atom stereocenters. The van der Waals surface area contributed by atoms with Crippen molar-refractivity contribution in [2.24, 2.45) is 5.92 Å². The van der Waals surface area contributed by atoms with Gasteiger partial charge in [-0.25, -0.2) is 9.97 Å². The van der Waals surface area contributed by atoms with Gasteiger partial charge in [-0.3, -0.25) is 19.9 Å². The first-order valence-corrected chi connectivity index (χ1v) is 13.8. The SMILES string of the molecule is Cc1ccc(-c2c(O)c(-c3cc(C(=O)Nc4cccc(C(F)(F)F)c4)ccc3C)cc3cnc(NC(=O)C4CC4)nc23)cn1. The third kappa shape index (κ3) is 5.81. The number of fused-ring (bicyclic) bond motifs is 1. The van der Waals surface area contributed by atoms with E-state index >= 15 is 0 Å². The van der Waals surface area contributed by atoms with Crippen LogP contribution in [0.2, 0.25) is 0 Å². The number of hydrogen-bond acceptors (Lipinski definition) is 6. The van der Waals surface area contributed by atoms with Gasteiger partial charge in [0, 0.05) is 51.8 Å². The Labute approximate surface area is 250 Å². The number of alkyl halides is 3. The molecule has 0 bridgehead atoms. The predicted octanol–water partition coefficient (Wildman–Crippen LogP) is 7.30. The summed E-state index contributed by atoms with van der Waals surface area (Å²) in [6.45, 7) is 3.65. The number of amides is 2. The van der Waals surface area contributed by atoms with Crippen LogP contribution in [-0.2, 0) is 11.0 Å². The Morgan fingerprint density at radius 1 is 0.909 bits per heavy atom. The molecule has 6 rings (SSSR count). The maximum absolute atomic E-state index is 13.2. The van der Waals surface area contributed by atoms with E-state index in [2.05, 4.69) is 25.6 Å². The van der Waals surface area contributed by atoms with Crippen LogP contribution in [0.4, 0.5) is 24.8 Å². The Hall–Kier alpha value is -5.32. The molecule has 2 aromatic heterocycles. The molecule has 0 radical (unpaired) electrons. The largest absolute Gasteiger partial charge is 0.507 e. The molecule has 2 heterocycles. The Morgan fingerprint density at radius 2 is 1.70 bits per heavy atom. The van der Waals surface area contributed by atoms with Crippen molar-refractivity contribution in [1.29, 1.82) is 0 Å². The van der Waals surface area contributed by atoms with Crippen LogP contribution in [0.15, 0.2) is 73.1 Å². The third-order valence-corrected chi connectivity index (χ3v) is 7.47. The van der Waals surface area contributed by atoms with E-state index in [0.29, 0.717) is 33.2 Å². The summed E-state index contributed by atoms with van der Waals surface area (Å²) in [7, 11) is 0. The van der Waals surface area contributed by atoms with E-state index < -0.39 is 17.6 Å². The van der Waals surface area contributed by atoms with Gasteiger partial charge in [0.25, 0.3) is 5.91 Å². The number of carbonyl (C=O) groups is 2. The smallest absolute Gasteiger partial charge is 0.416 e. The first-order valence-electron chi connectivity index (χ1n) is 13.8. The highest BCUT2D eigenvalue weighted by atomic mass is 19.4. The van der Waals surface area contributed by atoms with Crippen molar-refractivity contribution in [1.82, 2.24) is 15.0 Å². The summed E-state index contributed by atoms with van der Waals surface area (Å²) >= 11 is 0. The van der Waals surface area contributed by atoms with Gasteiger partial charge in [0.1, 0.15) is 5.75 Å². The molecule has 11 heteroatoms. The highest BCUT2D eigenvalue weighted by Gasteiger charge is 2.31. The minimum atomic E-state index is -4.55. The zero-order valence-electron chi connectivity index (χ0n) is 23.7. The summed E-state index contributed by atoms with van der Waals surface area (Å²) in [6.07, 6.45) is 0.256. The van der Waals surface area contributed by atoms with Crippen LogP contribution in [0.1, 0.15) is 40.0 Å². The molecule has 8 nitrogen and oxygen atoms in total. The molecule has 1 aliphatic carbocycles. The van der Waals surface area contributed by atoms with Crippen LogP contribution >= 0.6 is 0 Å². The number of aromatic hydroxyl groups is 1. The number of nitrogens with one attached hydrogen (secondary N) is 2. The lowest BCUT2D eigenvalue weighted by atomic mass is 9.92. The molecule has 0 saturated heterocycles. The maximum atomic E-state index is 13.2. The second-order valence-corrected chi connectivity index (χ2v) is 10.8. The fourth-order valence-electron chi connectivity index (χ4n) is 4.91. The van der Waals surface area contributed by atoms with E-state index in [-0.39, 0.29) is 34.8 Å². The quantitative estimate of drug-likeness (QED) is 0.189. The molecule has 0 spiro atoms. The molecule has 1 fully saturated rings. The molecule has 1 aliphatic rings. The van der Waals surface area contributed by atoms with Crippen molar-refractivity contribution in [3.8, 4) is 28.0 Å². The van der Waals surface area contributed by atoms with Gasteiger partial charge < -0.3 is 10.4 Å². The number of pyridine rings is 1. The molecule has 1 saturated carbocycles. The lowest BCUT2D eigenvalue weighted by molar-refractivity contribution is -0.137. The van der Waals surface area contributed by atoms with Gasteiger partial charge >= 0.3 is 6.18 Å². The first kappa shape index (κ1) is 28.8. The van der Waals surface area contributed by atoms with Crippen LogP contribution in [-0.4, -0.2) is 31.9 Å². The van der Waals surface area contributed by atoms with Crippen LogP contribution in [0.25, 0.3) is 33.2 Å². The lowest BCUT2D eigenvalue weighted by Crippen LogP contribution is -2.15. The highest BCUT2D eigenvalue weighted by Crippen LogP contribution is 2.44. The van der Waals surface area contributed by atoms with Gasteiger partial charge in [-0.1, -0.05) is 18.2 Å². The number of phenols is 1. The summed E-state index contributed by atoms with van der Waals surface area (Å²) in [5, 5.41) is 17.6. The van der Waals surface area contributed by atoms with Crippen molar-refractivity contribution in [2.45, 2.75) is 32.9 Å². The monoisotopic (exact) mass is 597 g/mol. The molecule has 3 aromatic carbocycles. The Bertz CT molecular complexity index is 1940. The van der Waals surface area contributed by atoms with Crippen molar-refractivity contribution < 1.29 is 27.9 Å². The Balaban J connectivity index is 1.43. The van der Waals surface area contributed by atoms with E-state index in [9.17, 15) is 27.9 Å². The molecule has 0 aliphatic heterocycles. The summed E-state index contributed by atoms with van der Waals surface area (Å²) in [6, 6.07) is 14.5. The number of nitrogens with zero attached hydrogens (tertiary/aromatic N) is 3. The maximum Gasteiger partial charge on any atom is 0.416 e. The Kier molecular flexibility index (Phi) is 7.24. The van der Waals surface area contributed by atoms with Gasteiger partial charge in [0.05, 0.1) is 16.6 Å². The van der Waals surface area contributed by atoms with Gasteiger partial charge in [-0.2, -0.15) is 13.2 Å². The summed E-state index contributed by atoms with van der Waals surface area (Å²) in [5.41, 5.74) is 3.05. The first-order chi connectivity index (χ1) is 21.0. The lowest BCUT2D eigenvalue weighted by Gasteiger charge is -2.17. The van der Waals surface area contributed by atoms with Crippen LogP contribution < -0.4 is 10.6 Å². The second kappa shape index (κ2) is 11.1. The molecule has 5 aromatic rings. The van der Waals surface area contributed by atoms with E-state index in [4.69, 9.17) is 0 Å². The van der Waals surface area contributed by atoms with Gasteiger partial charge in [-0.15, -0.1) is 0 Å². The zero-order valence-corrected chi connectivity index (χ0v) is 23.7. The number of phenolic OH excluding ortho intramolecular Hbond substituents is 1. The highest BCUT2D eigenvalue weighted by molar-refractivity contribution is 6.07. The van der Waals surface area contributed by atoms with Crippen LogP contribution in [0.3, 0.4) is 0 Å². The predicted molar refractivity (Wildman–Crippen MR) is 160 cm³/mol. The van der Waals surface area contributed by atoms with E-state index in [1.165, 1.54) is 12.1 Å². The average molecular weight is 598 g/mol. The molecular weight excluding hydrogens is 571 g/mol. The molecule has 222 valence electrons. The summed E-state index contributed by atoms with van der Waals surface area (Å²) in [5.74, 6) is -0.827. The van der Waals surface area contributed by atoms with Crippen molar-refractivity contribution in [3.05, 3.63) is 95.4 Å². The standard InChI is InChI=1S/C33H26F3N5O3/c1-17-6-8-20(31(44)39-24-5-3-4-23(14-24)33(34,35)36)12-25(17)26-13-22-16-38-32(41-30(43)19-10-11-19)40-28(22)27(29(26)42)21-9-7-18(2)37-15-21/h3-9,12-16,19,42H,10-11H2,1-2H3,(H,39,44)(H,38,40,41,43). The number of halogens is 3. The summed E-state index contributed by atoms with van der Waals surface area (Å²) < 4.78 is 39.5.